The molecule has 1 aromatic rings. The van der Waals surface area contributed by atoms with Crippen LogP contribution >= 0.6 is 27.5 Å². The second-order valence-corrected chi connectivity index (χ2v) is 5.12. The Morgan fingerprint density at radius 3 is 2.94 bits per heavy atom. The second kappa shape index (κ2) is 8.32. The number of carbonyl (C=O) groups is 1. The maximum Gasteiger partial charge on any atom is 0.305 e. The van der Waals surface area contributed by atoms with Gasteiger partial charge < -0.3 is 10.1 Å². The summed E-state index contributed by atoms with van der Waals surface area (Å²) in [7, 11) is 1.41. The largest absolute Gasteiger partial charge is 0.469 e. The molecule has 0 aliphatic carbocycles. The van der Waals surface area contributed by atoms with Gasteiger partial charge in [0.1, 0.15) is 5.82 Å². The molecular weight excluding hydrogens is 320 g/mol. The molecule has 1 rings (SSSR count). The number of nitrogens with one attached hydrogen (secondary N) is 1. The quantitative estimate of drug-likeness (QED) is 0.610. The highest BCUT2D eigenvalue weighted by Gasteiger charge is 2.02. The summed E-state index contributed by atoms with van der Waals surface area (Å²) >= 11 is 9.31. The zero-order valence-electron chi connectivity index (χ0n) is 10.2. The maximum atomic E-state index is 10.9. The van der Waals surface area contributed by atoms with E-state index in [1.54, 1.807) is 12.3 Å². The van der Waals surface area contributed by atoms with Crippen LogP contribution < -0.4 is 5.32 Å². The van der Waals surface area contributed by atoms with Crippen LogP contribution in [0.25, 0.3) is 0 Å². The molecule has 0 unspecified atom stereocenters. The molecule has 0 radical (unpaired) electrons. The smallest absolute Gasteiger partial charge is 0.305 e. The molecular formula is C12H16BrClN2O2. The lowest BCUT2D eigenvalue weighted by Crippen LogP contribution is -2.04. The number of anilines is 1. The minimum atomic E-state index is -0.152. The molecule has 100 valence electrons. The Kier molecular flexibility index (Phi) is 7.05. The molecule has 1 heterocycles. The highest BCUT2D eigenvalue weighted by molar-refractivity contribution is 9.10. The molecule has 4 nitrogen and oxygen atoms in total. The van der Waals surface area contributed by atoms with Crippen LogP contribution in [0.3, 0.4) is 0 Å². The van der Waals surface area contributed by atoms with E-state index in [2.05, 4.69) is 31.0 Å². The number of rotatable bonds is 7. The van der Waals surface area contributed by atoms with Crippen LogP contribution in [0.4, 0.5) is 5.82 Å². The highest BCUT2D eigenvalue weighted by atomic mass is 79.9. The topological polar surface area (TPSA) is 51.2 Å². The van der Waals surface area contributed by atoms with Crippen LogP contribution in [0.1, 0.15) is 25.7 Å². The average Bonchev–Trinajstić information content (AvgIpc) is 2.35. The number of ether oxygens (including phenoxy) is 1. The predicted octanol–water partition coefficient (Wildman–Crippen LogP) is 3.64. The number of carbonyl (C=O) groups excluding carboxylic acids is 1. The number of nitrogens with zero attached hydrogens (tertiary/aromatic N) is 1. The van der Waals surface area contributed by atoms with Crippen molar-refractivity contribution in [2.75, 3.05) is 19.0 Å². The number of methoxy groups -OCH3 is 1. The van der Waals surface area contributed by atoms with E-state index in [1.165, 1.54) is 7.11 Å². The molecule has 0 atom stereocenters. The molecule has 0 fully saturated rings. The summed E-state index contributed by atoms with van der Waals surface area (Å²) in [5.74, 6) is 0.536. The first kappa shape index (κ1) is 15.2. The molecule has 0 aliphatic rings. The molecule has 0 aromatic carbocycles. The van der Waals surface area contributed by atoms with Gasteiger partial charge >= 0.3 is 5.97 Å². The average molecular weight is 336 g/mol. The van der Waals surface area contributed by atoms with E-state index in [0.717, 1.165) is 30.3 Å². The Balaban J connectivity index is 2.16. The van der Waals surface area contributed by atoms with E-state index in [1.807, 2.05) is 0 Å². The van der Waals surface area contributed by atoms with E-state index in [4.69, 9.17) is 11.6 Å². The fourth-order valence-electron chi connectivity index (χ4n) is 1.42. The monoisotopic (exact) mass is 334 g/mol. The van der Waals surface area contributed by atoms with E-state index in [-0.39, 0.29) is 5.97 Å². The van der Waals surface area contributed by atoms with Gasteiger partial charge in [-0.2, -0.15) is 0 Å². The molecule has 6 heteroatoms. The van der Waals surface area contributed by atoms with Crippen molar-refractivity contribution in [1.82, 2.24) is 4.98 Å². The van der Waals surface area contributed by atoms with Crippen LogP contribution in [-0.4, -0.2) is 24.6 Å². The molecule has 1 N–H and O–H groups in total. The van der Waals surface area contributed by atoms with E-state index in [0.29, 0.717) is 17.3 Å². The van der Waals surface area contributed by atoms with Crippen molar-refractivity contribution in [3.8, 4) is 0 Å². The van der Waals surface area contributed by atoms with Crippen molar-refractivity contribution in [2.24, 2.45) is 0 Å². The maximum absolute atomic E-state index is 10.9. The number of halogens is 2. The van der Waals surface area contributed by atoms with Gasteiger partial charge in [0, 0.05) is 23.6 Å². The zero-order chi connectivity index (χ0) is 13.4. The van der Waals surface area contributed by atoms with Gasteiger partial charge in [-0.1, -0.05) is 18.0 Å². The van der Waals surface area contributed by atoms with Gasteiger partial charge in [0.05, 0.1) is 12.1 Å². The van der Waals surface area contributed by atoms with Gasteiger partial charge in [0.25, 0.3) is 0 Å². The summed E-state index contributed by atoms with van der Waals surface area (Å²) in [5.41, 5.74) is 0. The van der Waals surface area contributed by atoms with Crippen molar-refractivity contribution in [1.29, 1.82) is 0 Å². The predicted molar refractivity (Wildman–Crippen MR) is 75.9 cm³/mol. The first-order chi connectivity index (χ1) is 8.63. The van der Waals surface area contributed by atoms with Gasteiger partial charge in [0.15, 0.2) is 0 Å². The lowest BCUT2D eigenvalue weighted by Gasteiger charge is -2.07. The third-order valence-corrected chi connectivity index (χ3v) is 3.11. The standard InChI is InChI=1S/C12H16BrClN2O2/c1-18-11(17)5-3-2-4-6-15-12-10(14)7-9(13)8-16-12/h7-8H,2-6H2,1H3,(H,15,16). The number of unbranched alkanes of at least 4 members (excludes halogenated alkanes) is 2. The normalized spacial score (nSPS) is 10.2. The summed E-state index contributed by atoms with van der Waals surface area (Å²) in [6.45, 7) is 0.787. The molecule has 0 saturated heterocycles. The Labute approximate surface area is 120 Å². The summed E-state index contributed by atoms with van der Waals surface area (Å²) < 4.78 is 5.42. The van der Waals surface area contributed by atoms with Gasteiger partial charge in [0.2, 0.25) is 0 Å². The second-order valence-electron chi connectivity index (χ2n) is 3.80. The first-order valence-electron chi connectivity index (χ1n) is 5.75. The van der Waals surface area contributed by atoms with Crippen LogP contribution in [-0.2, 0) is 9.53 Å². The van der Waals surface area contributed by atoms with Crippen LogP contribution in [0.2, 0.25) is 5.02 Å². The van der Waals surface area contributed by atoms with Crippen molar-refractivity contribution < 1.29 is 9.53 Å². The van der Waals surface area contributed by atoms with Gasteiger partial charge in [-0.15, -0.1) is 0 Å². The molecule has 1 aromatic heterocycles. The number of hydrogen-bond donors (Lipinski definition) is 1. The fraction of sp³-hybridized carbons (Fsp3) is 0.500. The molecule has 0 aliphatic heterocycles. The number of aromatic nitrogens is 1. The van der Waals surface area contributed by atoms with Crippen LogP contribution in [0.15, 0.2) is 16.7 Å². The van der Waals surface area contributed by atoms with E-state index in [9.17, 15) is 4.79 Å². The third kappa shape index (κ3) is 5.69. The SMILES string of the molecule is COC(=O)CCCCCNc1ncc(Br)cc1Cl. The summed E-state index contributed by atoms with van der Waals surface area (Å²) in [6, 6.07) is 1.80. The third-order valence-electron chi connectivity index (χ3n) is 2.39. The Morgan fingerprint density at radius 1 is 1.50 bits per heavy atom. The van der Waals surface area contributed by atoms with Gasteiger partial charge in [-0.05, 0) is 34.8 Å². The molecule has 0 amide bonds. The Morgan fingerprint density at radius 2 is 2.28 bits per heavy atom. The zero-order valence-corrected chi connectivity index (χ0v) is 12.6. The first-order valence-corrected chi connectivity index (χ1v) is 6.92. The Bertz CT molecular complexity index is 402. The number of hydrogen-bond acceptors (Lipinski definition) is 4. The van der Waals surface area contributed by atoms with Crippen LogP contribution in [0.5, 0.6) is 0 Å². The lowest BCUT2D eigenvalue weighted by atomic mass is 10.2. The van der Waals surface area contributed by atoms with Gasteiger partial charge in [-0.3, -0.25) is 4.79 Å². The Hall–Kier alpha value is -0.810. The molecule has 0 spiro atoms. The number of pyridine rings is 1. The summed E-state index contributed by atoms with van der Waals surface area (Å²) in [5, 5.41) is 3.76. The summed E-state index contributed by atoms with van der Waals surface area (Å²) in [4.78, 5) is 15.0. The van der Waals surface area contributed by atoms with Crippen molar-refractivity contribution in [3.05, 3.63) is 21.8 Å². The lowest BCUT2D eigenvalue weighted by molar-refractivity contribution is -0.140. The van der Waals surface area contributed by atoms with Gasteiger partial charge in [-0.25, -0.2) is 4.98 Å². The minimum absolute atomic E-state index is 0.152. The van der Waals surface area contributed by atoms with Crippen molar-refractivity contribution in [3.63, 3.8) is 0 Å². The van der Waals surface area contributed by atoms with Crippen molar-refractivity contribution in [2.45, 2.75) is 25.7 Å². The van der Waals surface area contributed by atoms with E-state index >= 15 is 0 Å². The fourth-order valence-corrected chi connectivity index (χ4v) is 2.12. The van der Waals surface area contributed by atoms with Crippen LogP contribution in [0, 0.1) is 0 Å². The van der Waals surface area contributed by atoms with Crippen molar-refractivity contribution >= 4 is 39.3 Å². The molecule has 0 bridgehead atoms. The molecule has 0 saturated carbocycles. The molecule has 18 heavy (non-hydrogen) atoms. The number of esters is 1. The summed E-state index contributed by atoms with van der Waals surface area (Å²) in [6.07, 6.45) is 4.95. The van der Waals surface area contributed by atoms with E-state index < -0.39 is 0 Å². The highest BCUT2D eigenvalue weighted by Crippen LogP contribution is 2.22. The minimum Gasteiger partial charge on any atom is -0.469 e.